The molecular weight excluding hydrogens is 347 g/mol. The van der Waals surface area contributed by atoms with Crippen molar-refractivity contribution in [3.63, 3.8) is 0 Å². The zero-order chi connectivity index (χ0) is 18.7. The van der Waals surface area contributed by atoms with Crippen LogP contribution in [0.4, 0.5) is 4.39 Å². The van der Waals surface area contributed by atoms with Gasteiger partial charge in [0.25, 0.3) is 5.91 Å². The minimum absolute atomic E-state index is 0.234. The van der Waals surface area contributed by atoms with Crippen LogP contribution in [0, 0.1) is 5.82 Å². The minimum Gasteiger partial charge on any atom is -0.387 e. The first kappa shape index (κ1) is 17.6. The van der Waals surface area contributed by atoms with Crippen molar-refractivity contribution in [1.82, 2.24) is 15.2 Å². The van der Waals surface area contributed by atoms with Gasteiger partial charge in [-0.25, -0.2) is 4.39 Å². The summed E-state index contributed by atoms with van der Waals surface area (Å²) in [5.74, 6) is -0.528. The van der Waals surface area contributed by atoms with Gasteiger partial charge >= 0.3 is 0 Å². The summed E-state index contributed by atoms with van der Waals surface area (Å²) in [5.41, 5.74) is 2.00. The molecule has 0 aliphatic carbocycles. The molecule has 140 valence electrons. The Labute approximate surface area is 157 Å². The number of nitrogens with zero attached hydrogens (tertiary/aromatic N) is 3. The number of carbonyl (C=O) groups excluding carboxylic acids is 1. The van der Waals surface area contributed by atoms with E-state index in [4.69, 9.17) is 4.84 Å². The number of pyridine rings is 1. The average molecular weight is 368 g/mol. The third-order valence-electron chi connectivity index (χ3n) is 4.99. The van der Waals surface area contributed by atoms with Crippen molar-refractivity contribution < 1.29 is 14.0 Å². The zero-order valence-electron chi connectivity index (χ0n) is 14.9. The maximum Gasteiger partial charge on any atom is 0.269 e. The van der Waals surface area contributed by atoms with Crippen molar-refractivity contribution in [2.45, 2.75) is 31.5 Å². The van der Waals surface area contributed by atoms with Gasteiger partial charge in [-0.15, -0.1) is 0 Å². The monoisotopic (exact) mass is 368 g/mol. The highest BCUT2D eigenvalue weighted by atomic mass is 19.1. The van der Waals surface area contributed by atoms with Gasteiger partial charge in [0.15, 0.2) is 5.60 Å². The molecule has 1 aromatic heterocycles. The van der Waals surface area contributed by atoms with Gasteiger partial charge in [-0.05, 0) is 29.3 Å². The molecule has 1 spiro atoms. The van der Waals surface area contributed by atoms with Crippen LogP contribution in [0.2, 0.25) is 0 Å². The van der Waals surface area contributed by atoms with Crippen LogP contribution in [0.15, 0.2) is 53.9 Å². The molecule has 2 aliphatic heterocycles. The van der Waals surface area contributed by atoms with Gasteiger partial charge in [0.1, 0.15) is 11.5 Å². The second kappa shape index (κ2) is 7.44. The molecule has 1 atom stereocenters. The van der Waals surface area contributed by atoms with Crippen LogP contribution in [0.25, 0.3) is 0 Å². The summed E-state index contributed by atoms with van der Waals surface area (Å²) in [5, 5.41) is 6.87. The zero-order valence-corrected chi connectivity index (χ0v) is 14.9. The standard InChI is InChI=1S/C20H21FN4O2/c21-17-5-3-15(4-6-17)12-23-19(26)18-10-20(27-24-18)7-9-25(14-20)13-16-2-1-8-22-11-16/h1-6,8,11H,7,9-10,12-14H2,(H,23,26)/t20-/m1/s1. The predicted octanol–water partition coefficient (Wildman–Crippen LogP) is 2.26. The molecule has 1 amide bonds. The lowest BCUT2D eigenvalue weighted by Gasteiger charge is -2.21. The molecule has 7 heteroatoms. The van der Waals surface area contributed by atoms with E-state index < -0.39 is 5.60 Å². The van der Waals surface area contributed by atoms with E-state index >= 15 is 0 Å². The maximum atomic E-state index is 12.9. The van der Waals surface area contributed by atoms with Gasteiger partial charge in [0.2, 0.25) is 0 Å². The molecule has 6 nitrogen and oxygen atoms in total. The molecule has 0 unspecified atom stereocenters. The van der Waals surface area contributed by atoms with Crippen LogP contribution < -0.4 is 5.32 Å². The first-order valence-corrected chi connectivity index (χ1v) is 9.01. The number of hydrogen-bond acceptors (Lipinski definition) is 5. The molecule has 3 heterocycles. The maximum absolute atomic E-state index is 12.9. The molecule has 0 bridgehead atoms. The molecule has 1 aromatic carbocycles. The number of carbonyl (C=O) groups is 1. The van der Waals surface area contributed by atoms with Crippen LogP contribution >= 0.6 is 0 Å². The molecule has 2 aliphatic rings. The third kappa shape index (κ3) is 4.14. The van der Waals surface area contributed by atoms with Crippen molar-refractivity contribution in [3.05, 3.63) is 65.7 Å². The van der Waals surface area contributed by atoms with Gasteiger partial charge in [-0.3, -0.25) is 14.7 Å². The summed E-state index contributed by atoms with van der Waals surface area (Å²) < 4.78 is 12.9. The fourth-order valence-corrected chi connectivity index (χ4v) is 3.56. The highest BCUT2D eigenvalue weighted by Crippen LogP contribution is 2.34. The largest absolute Gasteiger partial charge is 0.387 e. The quantitative estimate of drug-likeness (QED) is 0.879. The Morgan fingerprint density at radius 2 is 2.11 bits per heavy atom. The number of halogens is 1. The second-order valence-corrected chi connectivity index (χ2v) is 7.12. The Morgan fingerprint density at radius 1 is 1.26 bits per heavy atom. The van der Waals surface area contributed by atoms with E-state index in [0.717, 1.165) is 37.2 Å². The SMILES string of the molecule is O=C(NCc1ccc(F)cc1)C1=NO[C@]2(CCN(Cc3cccnc3)C2)C1. The van der Waals surface area contributed by atoms with Crippen molar-refractivity contribution >= 4 is 11.6 Å². The van der Waals surface area contributed by atoms with Gasteiger partial charge in [0, 0.05) is 51.4 Å². The van der Waals surface area contributed by atoms with Crippen molar-refractivity contribution in [3.8, 4) is 0 Å². The topological polar surface area (TPSA) is 66.8 Å². The van der Waals surface area contributed by atoms with E-state index in [1.165, 1.54) is 12.1 Å². The number of hydrogen-bond donors (Lipinski definition) is 1. The van der Waals surface area contributed by atoms with E-state index in [9.17, 15) is 9.18 Å². The number of aromatic nitrogens is 1. The number of amides is 1. The summed E-state index contributed by atoms with van der Waals surface area (Å²) in [4.78, 5) is 24.5. The van der Waals surface area contributed by atoms with Crippen LogP contribution in [-0.4, -0.2) is 40.2 Å². The molecule has 1 N–H and O–H groups in total. The van der Waals surface area contributed by atoms with E-state index in [2.05, 4.69) is 26.4 Å². The molecule has 2 aromatic rings. The molecular formula is C20H21FN4O2. The Hall–Kier alpha value is -2.80. The second-order valence-electron chi connectivity index (χ2n) is 7.12. The van der Waals surface area contributed by atoms with Crippen LogP contribution in [-0.2, 0) is 22.7 Å². The van der Waals surface area contributed by atoms with Gasteiger partial charge < -0.3 is 10.2 Å². The van der Waals surface area contributed by atoms with Gasteiger partial charge in [-0.2, -0.15) is 0 Å². The number of oxime groups is 1. The molecule has 1 saturated heterocycles. The Kier molecular flexibility index (Phi) is 4.85. The predicted molar refractivity (Wildman–Crippen MR) is 98.2 cm³/mol. The average Bonchev–Trinajstić information content (AvgIpc) is 3.29. The van der Waals surface area contributed by atoms with Crippen LogP contribution in [0.3, 0.4) is 0 Å². The van der Waals surface area contributed by atoms with Crippen LogP contribution in [0.1, 0.15) is 24.0 Å². The first-order valence-electron chi connectivity index (χ1n) is 9.01. The number of benzene rings is 1. The Balaban J connectivity index is 1.29. The van der Waals surface area contributed by atoms with Crippen molar-refractivity contribution in [2.24, 2.45) is 5.16 Å². The summed E-state index contributed by atoms with van der Waals surface area (Å²) in [6.45, 7) is 2.78. The first-order chi connectivity index (χ1) is 13.1. The molecule has 0 radical (unpaired) electrons. The smallest absolute Gasteiger partial charge is 0.269 e. The fourth-order valence-electron chi connectivity index (χ4n) is 3.56. The summed E-state index contributed by atoms with van der Waals surface area (Å²) in [6.07, 6.45) is 4.97. The molecule has 27 heavy (non-hydrogen) atoms. The fraction of sp³-hybridized carbons (Fsp3) is 0.350. The molecule has 1 fully saturated rings. The summed E-state index contributed by atoms with van der Waals surface area (Å²) in [6, 6.07) is 10.0. The van der Waals surface area contributed by atoms with E-state index in [0.29, 0.717) is 18.7 Å². The lowest BCUT2D eigenvalue weighted by molar-refractivity contribution is -0.115. The Morgan fingerprint density at radius 3 is 2.89 bits per heavy atom. The lowest BCUT2D eigenvalue weighted by atomic mass is 9.96. The van der Waals surface area contributed by atoms with Gasteiger partial charge in [0.05, 0.1) is 0 Å². The third-order valence-corrected chi connectivity index (χ3v) is 4.99. The van der Waals surface area contributed by atoms with Crippen molar-refractivity contribution in [2.75, 3.05) is 13.1 Å². The highest BCUT2D eigenvalue weighted by Gasteiger charge is 2.46. The van der Waals surface area contributed by atoms with E-state index in [1.54, 1.807) is 18.3 Å². The number of nitrogens with one attached hydrogen (secondary N) is 1. The number of likely N-dealkylation sites (tertiary alicyclic amines) is 1. The molecule has 4 rings (SSSR count). The Bertz CT molecular complexity index is 841. The van der Waals surface area contributed by atoms with Crippen molar-refractivity contribution in [1.29, 1.82) is 0 Å². The molecule has 0 saturated carbocycles. The number of rotatable bonds is 5. The van der Waals surface area contributed by atoms with E-state index in [-0.39, 0.29) is 11.7 Å². The highest BCUT2D eigenvalue weighted by molar-refractivity contribution is 6.39. The lowest BCUT2D eigenvalue weighted by Crippen LogP contribution is -2.36. The normalized spacial score (nSPS) is 21.9. The summed E-state index contributed by atoms with van der Waals surface area (Å²) >= 11 is 0. The van der Waals surface area contributed by atoms with Gasteiger partial charge in [-0.1, -0.05) is 23.4 Å². The van der Waals surface area contributed by atoms with E-state index in [1.807, 2.05) is 12.3 Å². The summed E-state index contributed by atoms with van der Waals surface area (Å²) in [7, 11) is 0. The minimum atomic E-state index is -0.412. The van der Waals surface area contributed by atoms with Crippen LogP contribution in [0.5, 0.6) is 0 Å².